The molecule has 0 atom stereocenters. The Balaban J connectivity index is 1.53. The highest BCUT2D eigenvalue weighted by Crippen LogP contribution is 2.22. The summed E-state index contributed by atoms with van der Waals surface area (Å²) in [5.74, 6) is -0.659. The Morgan fingerprint density at radius 2 is 1.79 bits per heavy atom. The number of anilines is 1. The van der Waals surface area contributed by atoms with Gasteiger partial charge in [0.1, 0.15) is 11.5 Å². The van der Waals surface area contributed by atoms with Crippen LogP contribution in [-0.2, 0) is 16.1 Å². The van der Waals surface area contributed by atoms with Crippen LogP contribution in [-0.4, -0.2) is 18.0 Å². The Bertz CT molecular complexity index is 1060. The Morgan fingerprint density at radius 3 is 2.52 bits per heavy atom. The van der Waals surface area contributed by atoms with Gasteiger partial charge in [0, 0.05) is 20.2 Å². The maximum atomic E-state index is 12.0. The number of nitrogens with zero attached hydrogens (tertiary/aromatic N) is 1. The number of aliphatic imine (C=N–C) groups is 1. The van der Waals surface area contributed by atoms with Crippen molar-refractivity contribution in [3.8, 4) is 0 Å². The molecule has 1 heterocycles. The molecule has 0 radical (unpaired) electrons. The number of amides is 2. The van der Waals surface area contributed by atoms with Crippen molar-refractivity contribution in [3.63, 3.8) is 0 Å². The summed E-state index contributed by atoms with van der Waals surface area (Å²) in [6.45, 7) is 0.0489. The number of benzene rings is 2. The summed E-state index contributed by atoms with van der Waals surface area (Å²) < 4.78 is 6.50. The first-order valence-corrected chi connectivity index (χ1v) is 9.87. The third kappa shape index (κ3) is 6.45. The van der Waals surface area contributed by atoms with Crippen LogP contribution in [0.5, 0.6) is 0 Å². The van der Waals surface area contributed by atoms with Crippen molar-refractivity contribution >= 4 is 68.5 Å². The van der Waals surface area contributed by atoms with E-state index in [-0.39, 0.29) is 6.54 Å². The lowest BCUT2D eigenvalue weighted by Gasteiger charge is -2.06. The van der Waals surface area contributed by atoms with Crippen LogP contribution < -0.4 is 10.6 Å². The molecule has 1 aromatic heterocycles. The summed E-state index contributed by atoms with van der Waals surface area (Å²) in [6.07, 6.45) is 1.57. The number of rotatable bonds is 5. The van der Waals surface area contributed by atoms with Crippen molar-refractivity contribution in [2.45, 2.75) is 6.54 Å². The minimum absolute atomic E-state index is 0.0489. The second kappa shape index (κ2) is 9.73. The van der Waals surface area contributed by atoms with Gasteiger partial charge in [0.05, 0.1) is 18.4 Å². The minimum Gasteiger partial charge on any atom is -0.458 e. The first-order chi connectivity index (χ1) is 13.9. The quantitative estimate of drug-likeness (QED) is 0.370. The molecule has 2 aromatic carbocycles. The van der Waals surface area contributed by atoms with Crippen LogP contribution in [0.15, 0.2) is 68.5 Å². The summed E-state index contributed by atoms with van der Waals surface area (Å²) in [5.41, 5.74) is 1.09. The highest BCUT2D eigenvalue weighted by atomic mass is 79.9. The first kappa shape index (κ1) is 21.1. The molecule has 0 spiro atoms. The second-order valence-electron chi connectivity index (χ2n) is 5.84. The monoisotopic (exact) mass is 493 g/mol. The predicted molar refractivity (Wildman–Crippen MR) is 117 cm³/mol. The smallest absolute Gasteiger partial charge is 0.313 e. The Hall–Kier alpha value is -2.61. The molecule has 2 N–H and O–H groups in total. The molecule has 29 heavy (non-hydrogen) atoms. The van der Waals surface area contributed by atoms with Crippen molar-refractivity contribution in [3.05, 3.63) is 80.6 Å². The van der Waals surface area contributed by atoms with E-state index in [9.17, 15) is 9.59 Å². The van der Waals surface area contributed by atoms with Crippen LogP contribution in [0.3, 0.4) is 0 Å². The van der Waals surface area contributed by atoms with Gasteiger partial charge in [-0.05, 0) is 48.5 Å². The van der Waals surface area contributed by atoms with E-state index in [1.165, 1.54) is 18.2 Å². The number of furan rings is 1. The van der Waals surface area contributed by atoms with Crippen molar-refractivity contribution in [1.82, 2.24) is 5.32 Å². The molecule has 0 saturated heterocycles. The molecule has 0 aliphatic heterocycles. The molecule has 0 unspecified atom stereocenters. The van der Waals surface area contributed by atoms with Gasteiger partial charge in [-0.15, -0.1) is 0 Å². The molecule has 9 heteroatoms. The van der Waals surface area contributed by atoms with Crippen LogP contribution in [0.25, 0.3) is 0 Å². The molecule has 3 rings (SSSR count). The average molecular weight is 495 g/mol. The second-order valence-corrected chi connectivity index (χ2v) is 7.63. The van der Waals surface area contributed by atoms with E-state index < -0.39 is 11.8 Å². The van der Waals surface area contributed by atoms with Gasteiger partial charge in [-0.25, -0.2) is 0 Å². The van der Waals surface area contributed by atoms with Gasteiger partial charge in [-0.1, -0.05) is 45.2 Å². The van der Waals surface area contributed by atoms with Crippen LogP contribution in [0.4, 0.5) is 11.4 Å². The summed E-state index contributed by atoms with van der Waals surface area (Å²) in [5, 5.41) is 5.61. The number of nitrogens with one attached hydrogen (secondary N) is 2. The molecule has 0 fully saturated rings. The highest BCUT2D eigenvalue weighted by Gasteiger charge is 2.14. The van der Waals surface area contributed by atoms with E-state index in [1.807, 2.05) is 24.3 Å². The van der Waals surface area contributed by atoms with E-state index in [4.69, 9.17) is 27.6 Å². The Labute approximate surface area is 185 Å². The summed E-state index contributed by atoms with van der Waals surface area (Å²) in [4.78, 5) is 28.3. The zero-order valence-electron chi connectivity index (χ0n) is 14.8. The molecule has 148 valence electrons. The zero-order chi connectivity index (χ0) is 20.8. The van der Waals surface area contributed by atoms with Gasteiger partial charge in [0.2, 0.25) is 0 Å². The molecule has 0 aliphatic carbocycles. The molecule has 0 saturated carbocycles. The van der Waals surface area contributed by atoms with E-state index in [0.717, 1.165) is 10.2 Å². The van der Waals surface area contributed by atoms with Gasteiger partial charge in [-0.2, -0.15) is 0 Å². The van der Waals surface area contributed by atoms with Crippen molar-refractivity contribution < 1.29 is 14.0 Å². The van der Waals surface area contributed by atoms with Gasteiger partial charge in [0.25, 0.3) is 0 Å². The van der Waals surface area contributed by atoms with Crippen LogP contribution in [0, 0.1) is 0 Å². The normalized spacial score (nSPS) is 10.9. The largest absolute Gasteiger partial charge is 0.458 e. The number of hydrogen-bond donors (Lipinski definition) is 2. The lowest BCUT2D eigenvalue weighted by molar-refractivity contribution is -0.136. The van der Waals surface area contributed by atoms with E-state index in [1.54, 1.807) is 18.3 Å². The van der Waals surface area contributed by atoms with Crippen LogP contribution in [0.1, 0.15) is 11.5 Å². The number of halogens is 3. The van der Waals surface area contributed by atoms with Gasteiger partial charge >= 0.3 is 11.8 Å². The minimum atomic E-state index is -0.841. The highest BCUT2D eigenvalue weighted by molar-refractivity contribution is 9.10. The lowest BCUT2D eigenvalue weighted by Crippen LogP contribution is -2.34. The van der Waals surface area contributed by atoms with Gasteiger partial charge < -0.3 is 15.1 Å². The third-order valence-corrected chi connectivity index (χ3v) is 4.51. The summed E-state index contributed by atoms with van der Waals surface area (Å²) >= 11 is 15.1. The van der Waals surface area contributed by atoms with Crippen LogP contribution in [0.2, 0.25) is 10.0 Å². The summed E-state index contributed by atoms with van der Waals surface area (Å²) in [7, 11) is 0. The fourth-order valence-electron chi connectivity index (χ4n) is 2.32. The van der Waals surface area contributed by atoms with Crippen molar-refractivity contribution in [2.75, 3.05) is 5.32 Å². The van der Waals surface area contributed by atoms with E-state index >= 15 is 0 Å². The van der Waals surface area contributed by atoms with Gasteiger partial charge in [-0.3, -0.25) is 14.6 Å². The molecular weight excluding hydrogens is 481 g/mol. The third-order valence-electron chi connectivity index (χ3n) is 3.58. The fraction of sp³-hybridized carbons (Fsp3) is 0.0500. The number of carbonyl (C=O) groups excluding carboxylic acids is 2. The molecule has 0 aliphatic rings. The Morgan fingerprint density at radius 1 is 1.03 bits per heavy atom. The number of hydrogen-bond acceptors (Lipinski definition) is 4. The van der Waals surface area contributed by atoms with Crippen LogP contribution >= 0.6 is 39.1 Å². The number of carbonyl (C=O) groups is 2. The maximum absolute atomic E-state index is 12.0. The standard InChI is InChI=1S/C20H14BrCl2N3O3/c21-12-2-1-3-15(6-12)24-10-17-4-5-18(29-17)11-25-19(27)20(28)26-16-8-13(22)7-14(23)9-16/h1-10H,11H2,(H,25,27)(H,26,28). The van der Waals surface area contributed by atoms with Crippen molar-refractivity contribution in [1.29, 1.82) is 0 Å². The van der Waals surface area contributed by atoms with E-state index in [2.05, 4.69) is 31.6 Å². The molecule has 3 aromatic rings. The molecule has 0 bridgehead atoms. The fourth-order valence-corrected chi connectivity index (χ4v) is 3.23. The molecule has 2 amide bonds. The Kier molecular flexibility index (Phi) is 7.09. The van der Waals surface area contributed by atoms with Gasteiger partial charge in [0.15, 0.2) is 0 Å². The molecule has 6 nitrogen and oxygen atoms in total. The predicted octanol–water partition coefficient (Wildman–Crippen LogP) is 5.35. The molecular formula is C20H14BrCl2N3O3. The van der Waals surface area contributed by atoms with Crippen molar-refractivity contribution in [2.24, 2.45) is 4.99 Å². The van der Waals surface area contributed by atoms with E-state index in [0.29, 0.717) is 27.3 Å². The maximum Gasteiger partial charge on any atom is 0.313 e. The summed E-state index contributed by atoms with van der Waals surface area (Å²) in [6, 6.07) is 15.4. The zero-order valence-corrected chi connectivity index (χ0v) is 17.9. The lowest BCUT2D eigenvalue weighted by atomic mass is 10.3. The first-order valence-electron chi connectivity index (χ1n) is 8.33. The SMILES string of the molecule is O=C(NCc1ccc(C=Nc2cccc(Br)c2)o1)C(=O)Nc1cc(Cl)cc(Cl)c1. The topological polar surface area (TPSA) is 83.7 Å². The average Bonchev–Trinajstić information content (AvgIpc) is 3.11.